The van der Waals surface area contributed by atoms with E-state index in [-0.39, 0.29) is 19.1 Å². The van der Waals surface area contributed by atoms with E-state index in [1.54, 1.807) is 18.1 Å². The first-order valence-electron chi connectivity index (χ1n) is 9.57. The van der Waals surface area contributed by atoms with Crippen molar-refractivity contribution in [3.8, 4) is 11.5 Å². The van der Waals surface area contributed by atoms with Gasteiger partial charge in [0.2, 0.25) is 0 Å². The van der Waals surface area contributed by atoms with Crippen molar-refractivity contribution in [3.63, 3.8) is 0 Å². The molecule has 1 fully saturated rings. The van der Waals surface area contributed by atoms with E-state index in [1.165, 1.54) is 0 Å². The van der Waals surface area contributed by atoms with Crippen LogP contribution in [0.5, 0.6) is 11.5 Å². The van der Waals surface area contributed by atoms with E-state index in [9.17, 15) is 9.59 Å². The minimum atomic E-state index is -0.557. The molecule has 0 N–H and O–H groups in total. The van der Waals surface area contributed by atoms with Crippen LogP contribution in [0.4, 0.5) is 5.69 Å². The molecule has 0 unspecified atom stereocenters. The second kappa shape index (κ2) is 9.82. The average Bonchev–Trinajstić information content (AvgIpc) is 2.77. The van der Waals surface area contributed by atoms with Gasteiger partial charge in [-0.05, 0) is 42.8 Å². The molecule has 7 nitrogen and oxygen atoms in total. The number of carbonyl (C=O) groups is 2. The molecule has 2 aromatic rings. The monoisotopic (exact) mass is 398 g/mol. The number of para-hydroxylation sites is 1. The zero-order chi connectivity index (χ0) is 20.6. The molecule has 1 heterocycles. The van der Waals surface area contributed by atoms with Crippen molar-refractivity contribution >= 4 is 17.6 Å². The lowest BCUT2D eigenvalue weighted by atomic mass is 10.2. The number of benzene rings is 2. The van der Waals surface area contributed by atoms with Crippen molar-refractivity contribution in [2.75, 3.05) is 51.4 Å². The number of aryl methyl sites for hydroxylation is 1. The highest BCUT2D eigenvalue weighted by atomic mass is 16.6. The highest BCUT2D eigenvalue weighted by Gasteiger charge is 2.22. The lowest BCUT2D eigenvalue weighted by Crippen LogP contribution is -2.50. The maximum Gasteiger partial charge on any atom is 0.344 e. The SMILES string of the molecule is COc1ccc(N2CCN(C(=O)COC(=O)COc3ccccc3C)CC2)cc1. The molecule has 3 rings (SSSR count). The quantitative estimate of drug-likeness (QED) is 0.667. The third-order valence-corrected chi connectivity index (χ3v) is 4.87. The van der Waals surface area contributed by atoms with Gasteiger partial charge in [-0.3, -0.25) is 4.79 Å². The fourth-order valence-electron chi connectivity index (χ4n) is 3.14. The topological polar surface area (TPSA) is 68.3 Å². The fourth-order valence-corrected chi connectivity index (χ4v) is 3.14. The van der Waals surface area contributed by atoms with Crippen molar-refractivity contribution in [1.82, 2.24) is 4.90 Å². The normalized spacial score (nSPS) is 13.7. The summed E-state index contributed by atoms with van der Waals surface area (Å²) in [4.78, 5) is 28.1. The third kappa shape index (κ3) is 5.63. The highest BCUT2D eigenvalue weighted by Crippen LogP contribution is 2.20. The summed E-state index contributed by atoms with van der Waals surface area (Å²) in [6.07, 6.45) is 0. The van der Waals surface area contributed by atoms with E-state index in [2.05, 4.69) is 4.90 Å². The van der Waals surface area contributed by atoms with E-state index >= 15 is 0 Å². The van der Waals surface area contributed by atoms with Crippen molar-refractivity contribution in [2.45, 2.75) is 6.92 Å². The number of hydrogen-bond donors (Lipinski definition) is 0. The van der Waals surface area contributed by atoms with E-state index in [0.717, 1.165) is 30.1 Å². The number of ether oxygens (including phenoxy) is 3. The molecule has 154 valence electrons. The van der Waals surface area contributed by atoms with Crippen LogP contribution in [0.1, 0.15) is 5.56 Å². The number of nitrogens with zero attached hydrogens (tertiary/aromatic N) is 2. The Morgan fingerprint density at radius 1 is 0.931 bits per heavy atom. The van der Waals surface area contributed by atoms with Crippen LogP contribution in [0.2, 0.25) is 0 Å². The van der Waals surface area contributed by atoms with Crippen molar-refractivity contribution in [2.24, 2.45) is 0 Å². The summed E-state index contributed by atoms with van der Waals surface area (Å²) in [6.45, 7) is 4.03. The van der Waals surface area contributed by atoms with E-state index in [1.807, 2.05) is 49.4 Å². The van der Waals surface area contributed by atoms with Crippen LogP contribution >= 0.6 is 0 Å². The highest BCUT2D eigenvalue weighted by molar-refractivity contribution is 5.81. The fraction of sp³-hybridized carbons (Fsp3) is 0.364. The lowest BCUT2D eigenvalue weighted by Gasteiger charge is -2.36. The summed E-state index contributed by atoms with van der Waals surface area (Å²) in [5, 5.41) is 0. The molecule has 2 aromatic carbocycles. The molecule has 1 aliphatic heterocycles. The van der Waals surface area contributed by atoms with Gasteiger partial charge in [0.05, 0.1) is 7.11 Å². The predicted octanol–water partition coefficient (Wildman–Crippen LogP) is 2.27. The number of methoxy groups -OCH3 is 1. The van der Waals surface area contributed by atoms with Gasteiger partial charge in [-0.15, -0.1) is 0 Å². The van der Waals surface area contributed by atoms with Gasteiger partial charge in [0, 0.05) is 31.9 Å². The molecule has 0 saturated carbocycles. The molecule has 1 saturated heterocycles. The molecule has 1 aliphatic rings. The van der Waals surface area contributed by atoms with Gasteiger partial charge in [0.15, 0.2) is 13.2 Å². The Labute approximate surface area is 170 Å². The number of hydrogen-bond acceptors (Lipinski definition) is 6. The minimum Gasteiger partial charge on any atom is -0.497 e. The van der Waals surface area contributed by atoms with Crippen LogP contribution < -0.4 is 14.4 Å². The zero-order valence-corrected chi connectivity index (χ0v) is 16.8. The molecule has 0 bridgehead atoms. The molecule has 0 radical (unpaired) electrons. The van der Waals surface area contributed by atoms with Gasteiger partial charge in [-0.2, -0.15) is 0 Å². The van der Waals surface area contributed by atoms with Gasteiger partial charge in [0.1, 0.15) is 11.5 Å². The molecular weight excluding hydrogens is 372 g/mol. The summed E-state index contributed by atoms with van der Waals surface area (Å²) in [5.41, 5.74) is 2.03. The van der Waals surface area contributed by atoms with E-state index in [4.69, 9.17) is 14.2 Å². The summed E-state index contributed by atoms with van der Waals surface area (Å²) >= 11 is 0. The van der Waals surface area contributed by atoms with Crippen LogP contribution in [0, 0.1) is 6.92 Å². The maximum absolute atomic E-state index is 12.3. The Kier molecular flexibility index (Phi) is 6.94. The molecular formula is C22H26N2O5. The van der Waals surface area contributed by atoms with Gasteiger partial charge < -0.3 is 24.0 Å². The van der Waals surface area contributed by atoms with Crippen molar-refractivity contribution in [3.05, 3.63) is 54.1 Å². The molecule has 0 spiro atoms. The van der Waals surface area contributed by atoms with Crippen LogP contribution in [0.15, 0.2) is 48.5 Å². The van der Waals surface area contributed by atoms with Gasteiger partial charge in [-0.1, -0.05) is 18.2 Å². The Hall–Kier alpha value is -3.22. The van der Waals surface area contributed by atoms with Crippen LogP contribution in [0.25, 0.3) is 0 Å². The lowest BCUT2D eigenvalue weighted by molar-refractivity contribution is -0.153. The number of rotatable bonds is 7. The van der Waals surface area contributed by atoms with Crippen molar-refractivity contribution < 1.29 is 23.8 Å². The number of carbonyl (C=O) groups excluding carboxylic acids is 2. The van der Waals surface area contributed by atoms with Crippen LogP contribution in [0.3, 0.4) is 0 Å². The second-order valence-corrected chi connectivity index (χ2v) is 6.78. The Bertz CT molecular complexity index is 829. The Morgan fingerprint density at radius 3 is 2.28 bits per heavy atom. The third-order valence-electron chi connectivity index (χ3n) is 4.87. The molecule has 29 heavy (non-hydrogen) atoms. The summed E-state index contributed by atoms with van der Waals surface area (Å²) < 4.78 is 15.7. The zero-order valence-electron chi connectivity index (χ0n) is 16.8. The Balaban J connectivity index is 1.39. The standard InChI is InChI=1S/C22H26N2O5/c1-17-5-3-4-6-20(17)28-16-22(26)29-15-21(25)24-13-11-23(12-14-24)18-7-9-19(27-2)10-8-18/h3-10H,11-16H2,1-2H3. The van der Waals surface area contributed by atoms with Gasteiger partial charge in [-0.25, -0.2) is 4.79 Å². The number of anilines is 1. The minimum absolute atomic E-state index is 0.191. The molecule has 0 aromatic heterocycles. The predicted molar refractivity (Wildman–Crippen MR) is 109 cm³/mol. The second-order valence-electron chi connectivity index (χ2n) is 6.78. The van der Waals surface area contributed by atoms with Crippen LogP contribution in [-0.2, 0) is 14.3 Å². The number of esters is 1. The smallest absolute Gasteiger partial charge is 0.344 e. The molecule has 7 heteroatoms. The summed E-state index contributed by atoms with van der Waals surface area (Å²) in [5.74, 6) is 0.698. The summed E-state index contributed by atoms with van der Waals surface area (Å²) in [7, 11) is 1.64. The van der Waals surface area contributed by atoms with E-state index < -0.39 is 5.97 Å². The van der Waals surface area contributed by atoms with Gasteiger partial charge in [0.25, 0.3) is 5.91 Å². The van der Waals surface area contributed by atoms with Gasteiger partial charge >= 0.3 is 5.97 Å². The first-order chi connectivity index (χ1) is 14.1. The average molecular weight is 398 g/mol. The number of piperazine rings is 1. The Morgan fingerprint density at radius 2 is 1.62 bits per heavy atom. The van der Waals surface area contributed by atoms with Crippen LogP contribution in [-0.4, -0.2) is 63.3 Å². The first kappa shape index (κ1) is 20.5. The maximum atomic E-state index is 12.3. The number of amides is 1. The molecule has 1 amide bonds. The van der Waals surface area contributed by atoms with Crippen molar-refractivity contribution in [1.29, 1.82) is 0 Å². The molecule has 0 aliphatic carbocycles. The first-order valence-corrected chi connectivity index (χ1v) is 9.57. The molecule has 0 atom stereocenters. The summed E-state index contributed by atoms with van der Waals surface area (Å²) in [6, 6.07) is 15.3. The van der Waals surface area contributed by atoms with E-state index in [0.29, 0.717) is 18.8 Å². The largest absolute Gasteiger partial charge is 0.497 e.